The molecule has 6 aromatic rings. The average Bonchev–Trinajstić information content (AvgIpc) is 3.65. The molecule has 1 aromatic carbocycles. The predicted molar refractivity (Wildman–Crippen MR) is 117 cm³/mol. The van der Waals surface area contributed by atoms with Crippen molar-refractivity contribution >= 4 is 5.65 Å². The maximum absolute atomic E-state index is 6.36. The standard InChI is InChI=1S/C24H16N6O3/c1-14-18-19(16-9-5-11-31-16)20-22-26-21(17-10-6-12-32-17)28-29(22)13-25-23(20)33-24(18)30(27-14)15-7-3-2-4-8-15/h2-13,19H,1H3/t19-/m1/s1. The van der Waals surface area contributed by atoms with Crippen molar-refractivity contribution in [3.05, 3.63) is 96.0 Å². The van der Waals surface area contributed by atoms with E-state index in [2.05, 4.69) is 10.1 Å². The normalized spacial score (nSPS) is 14.8. The van der Waals surface area contributed by atoms with Crippen LogP contribution in [0.3, 0.4) is 0 Å². The molecule has 1 aliphatic heterocycles. The summed E-state index contributed by atoms with van der Waals surface area (Å²) in [5.41, 5.74) is 4.01. The van der Waals surface area contributed by atoms with Gasteiger partial charge in [0.05, 0.1) is 41.0 Å². The van der Waals surface area contributed by atoms with Gasteiger partial charge in [-0.25, -0.2) is 19.2 Å². The van der Waals surface area contributed by atoms with E-state index in [-0.39, 0.29) is 5.92 Å². The van der Waals surface area contributed by atoms with Crippen LogP contribution in [0.4, 0.5) is 0 Å². The summed E-state index contributed by atoms with van der Waals surface area (Å²) in [6.07, 6.45) is 4.84. The van der Waals surface area contributed by atoms with Crippen molar-refractivity contribution in [1.82, 2.24) is 29.4 Å². The van der Waals surface area contributed by atoms with E-state index in [4.69, 9.17) is 23.7 Å². The van der Waals surface area contributed by atoms with Crippen LogP contribution in [-0.2, 0) is 0 Å². The molecule has 7 rings (SSSR count). The van der Waals surface area contributed by atoms with Crippen LogP contribution in [0.5, 0.6) is 11.8 Å². The highest BCUT2D eigenvalue weighted by molar-refractivity contribution is 5.67. The lowest BCUT2D eigenvalue weighted by molar-refractivity contribution is 0.392. The Morgan fingerprint density at radius 1 is 0.879 bits per heavy atom. The fourth-order valence-electron chi connectivity index (χ4n) is 4.37. The lowest BCUT2D eigenvalue weighted by Crippen LogP contribution is -2.15. The van der Waals surface area contributed by atoms with E-state index in [1.54, 1.807) is 34.1 Å². The zero-order valence-electron chi connectivity index (χ0n) is 17.4. The molecule has 0 spiro atoms. The Kier molecular flexibility index (Phi) is 3.63. The van der Waals surface area contributed by atoms with Crippen LogP contribution >= 0.6 is 0 Å². The number of para-hydroxylation sites is 1. The van der Waals surface area contributed by atoms with Gasteiger partial charge in [0.1, 0.15) is 12.1 Å². The van der Waals surface area contributed by atoms with Gasteiger partial charge in [0.15, 0.2) is 11.4 Å². The summed E-state index contributed by atoms with van der Waals surface area (Å²) in [5.74, 6) is 2.51. The number of hydrogen-bond donors (Lipinski definition) is 0. The van der Waals surface area contributed by atoms with E-state index in [1.165, 1.54) is 0 Å². The fraction of sp³-hybridized carbons (Fsp3) is 0.0833. The van der Waals surface area contributed by atoms with E-state index in [9.17, 15) is 0 Å². The maximum Gasteiger partial charge on any atom is 0.230 e. The number of rotatable bonds is 3. The number of benzene rings is 1. The quantitative estimate of drug-likeness (QED) is 0.394. The van der Waals surface area contributed by atoms with Crippen molar-refractivity contribution < 1.29 is 13.6 Å². The van der Waals surface area contributed by atoms with E-state index >= 15 is 0 Å². The van der Waals surface area contributed by atoms with Crippen LogP contribution in [0, 0.1) is 6.92 Å². The Bertz CT molecular complexity index is 1600. The summed E-state index contributed by atoms with van der Waals surface area (Å²) >= 11 is 0. The van der Waals surface area contributed by atoms with Crippen LogP contribution in [0.2, 0.25) is 0 Å². The SMILES string of the molecule is Cc1nn(-c2ccccc2)c2c1[C@@H](c1ccco1)c1c(ncn3nc(-c4ccco4)nc13)O2. The summed E-state index contributed by atoms with van der Waals surface area (Å²) in [4.78, 5) is 9.34. The number of aryl methyl sites for hydroxylation is 1. The Balaban J connectivity index is 1.50. The zero-order valence-corrected chi connectivity index (χ0v) is 17.4. The second kappa shape index (κ2) is 6.67. The summed E-state index contributed by atoms with van der Waals surface area (Å²) in [5, 5.41) is 9.35. The van der Waals surface area contributed by atoms with Crippen molar-refractivity contribution in [3.63, 3.8) is 0 Å². The molecule has 0 saturated carbocycles. The first-order valence-corrected chi connectivity index (χ1v) is 10.4. The van der Waals surface area contributed by atoms with E-state index in [1.807, 2.05) is 55.5 Å². The molecule has 6 heterocycles. The minimum Gasteiger partial charge on any atom is -0.468 e. The van der Waals surface area contributed by atoms with Gasteiger partial charge in [-0.3, -0.25) is 0 Å². The summed E-state index contributed by atoms with van der Waals surface area (Å²) in [6, 6.07) is 17.3. The first-order chi connectivity index (χ1) is 16.3. The van der Waals surface area contributed by atoms with Gasteiger partial charge >= 0.3 is 0 Å². The van der Waals surface area contributed by atoms with Gasteiger partial charge in [-0.1, -0.05) is 18.2 Å². The third-order valence-corrected chi connectivity index (χ3v) is 5.79. The van der Waals surface area contributed by atoms with Gasteiger partial charge in [0.25, 0.3) is 0 Å². The molecule has 0 fully saturated rings. The second-order valence-corrected chi connectivity index (χ2v) is 7.75. The largest absolute Gasteiger partial charge is 0.468 e. The van der Waals surface area contributed by atoms with Crippen LogP contribution < -0.4 is 4.74 Å². The van der Waals surface area contributed by atoms with Crippen molar-refractivity contribution in [2.75, 3.05) is 0 Å². The third kappa shape index (κ3) is 2.59. The van der Waals surface area contributed by atoms with Gasteiger partial charge in [0, 0.05) is 0 Å². The Morgan fingerprint density at radius 3 is 2.52 bits per heavy atom. The number of aromatic nitrogens is 6. The van der Waals surface area contributed by atoms with Gasteiger partial charge in [-0.2, -0.15) is 5.10 Å². The van der Waals surface area contributed by atoms with Crippen LogP contribution in [-0.4, -0.2) is 29.4 Å². The zero-order chi connectivity index (χ0) is 21.9. The highest BCUT2D eigenvalue weighted by atomic mass is 16.5. The molecule has 0 aliphatic carbocycles. The highest BCUT2D eigenvalue weighted by Gasteiger charge is 2.39. The molecule has 0 unspecified atom stereocenters. The van der Waals surface area contributed by atoms with Gasteiger partial charge < -0.3 is 13.6 Å². The van der Waals surface area contributed by atoms with Crippen molar-refractivity contribution in [2.45, 2.75) is 12.8 Å². The first-order valence-electron chi connectivity index (χ1n) is 10.4. The van der Waals surface area contributed by atoms with Gasteiger partial charge in [-0.05, 0) is 43.3 Å². The number of nitrogens with zero attached hydrogens (tertiary/aromatic N) is 6. The number of ether oxygens (including phenoxy) is 1. The van der Waals surface area contributed by atoms with E-state index in [0.29, 0.717) is 29.0 Å². The molecule has 0 amide bonds. The highest BCUT2D eigenvalue weighted by Crippen LogP contribution is 2.49. The molecular formula is C24H16N6O3. The molecule has 1 aliphatic rings. The number of furan rings is 2. The van der Waals surface area contributed by atoms with Crippen molar-refractivity contribution in [1.29, 1.82) is 0 Å². The lowest BCUT2D eigenvalue weighted by Gasteiger charge is -2.24. The fourth-order valence-corrected chi connectivity index (χ4v) is 4.37. The number of fused-ring (bicyclic) bond motifs is 4. The van der Waals surface area contributed by atoms with Gasteiger partial charge in [0.2, 0.25) is 17.6 Å². The minimum atomic E-state index is -0.318. The lowest BCUT2D eigenvalue weighted by atomic mass is 9.88. The van der Waals surface area contributed by atoms with Crippen LogP contribution in [0.25, 0.3) is 22.9 Å². The van der Waals surface area contributed by atoms with Crippen LogP contribution in [0.15, 0.2) is 82.3 Å². The average molecular weight is 436 g/mol. The predicted octanol–water partition coefficient (Wildman–Crippen LogP) is 4.76. The summed E-state index contributed by atoms with van der Waals surface area (Å²) in [6.45, 7) is 1.97. The Hall–Kier alpha value is -4.66. The Labute approximate surface area is 186 Å². The smallest absolute Gasteiger partial charge is 0.230 e. The van der Waals surface area contributed by atoms with Crippen molar-refractivity contribution in [2.24, 2.45) is 0 Å². The second-order valence-electron chi connectivity index (χ2n) is 7.75. The monoisotopic (exact) mass is 436 g/mol. The van der Waals surface area contributed by atoms with E-state index < -0.39 is 0 Å². The van der Waals surface area contributed by atoms with Gasteiger partial charge in [-0.15, -0.1) is 5.10 Å². The molecule has 0 bridgehead atoms. The van der Waals surface area contributed by atoms with Crippen molar-refractivity contribution in [3.8, 4) is 29.0 Å². The molecule has 160 valence electrons. The molecule has 9 nitrogen and oxygen atoms in total. The summed E-state index contributed by atoms with van der Waals surface area (Å²) in [7, 11) is 0. The molecule has 5 aromatic heterocycles. The molecule has 33 heavy (non-hydrogen) atoms. The number of hydrogen-bond acceptors (Lipinski definition) is 7. The molecule has 0 radical (unpaired) electrons. The topological polar surface area (TPSA) is 96.4 Å². The minimum absolute atomic E-state index is 0.318. The molecule has 9 heteroatoms. The molecule has 0 N–H and O–H groups in total. The molecule has 0 saturated heterocycles. The summed E-state index contributed by atoms with van der Waals surface area (Å²) < 4.78 is 21.2. The molecule has 1 atom stereocenters. The van der Waals surface area contributed by atoms with Crippen LogP contribution in [0.1, 0.15) is 28.5 Å². The van der Waals surface area contributed by atoms with E-state index in [0.717, 1.165) is 28.3 Å². The Morgan fingerprint density at radius 2 is 1.73 bits per heavy atom. The molecular weight excluding hydrogens is 420 g/mol. The maximum atomic E-state index is 6.36. The third-order valence-electron chi connectivity index (χ3n) is 5.79. The first kappa shape index (κ1) is 18.0.